The molecule has 0 aromatic carbocycles. The van der Waals surface area contributed by atoms with Gasteiger partial charge in [0, 0.05) is 6.42 Å². The zero-order chi connectivity index (χ0) is 13.8. The van der Waals surface area contributed by atoms with Crippen molar-refractivity contribution < 1.29 is 23.1 Å². The predicted octanol–water partition coefficient (Wildman–Crippen LogP) is 4.58. The van der Waals surface area contributed by atoms with E-state index in [0.29, 0.717) is 12.8 Å². The van der Waals surface area contributed by atoms with E-state index < -0.39 is 18.6 Å². The van der Waals surface area contributed by atoms with Gasteiger partial charge in [0.1, 0.15) is 0 Å². The van der Waals surface area contributed by atoms with Crippen LogP contribution in [0.1, 0.15) is 64.2 Å². The van der Waals surface area contributed by atoms with Crippen LogP contribution in [0.2, 0.25) is 0 Å². The summed E-state index contributed by atoms with van der Waals surface area (Å²) in [6, 6.07) is 0. The van der Waals surface area contributed by atoms with Crippen LogP contribution in [0.4, 0.5) is 13.2 Å². The molecule has 0 spiro atoms. The molecule has 0 rings (SSSR count). The molecular formula is C13H23F3O2. The van der Waals surface area contributed by atoms with Gasteiger partial charge in [-0.25, -0.2) is 18.0 Å². The van der Waals surface area contributed by atoms with E-state index in [2.05, 4.69) is 0 Å². The second kappa shape index (κ2) is 11.4. The van der Waals surface area contributed by atoms with E-state index in [1.807, 2.05) is 0 Å². The van der Waals surface area contributed by atoms with Gasteiger partial charge in [0.25, 0.3) is 0 Å². The van der Waals surface area contributed by atoms with Crippen molar-refractivity contribution in [3.05, 3.63) is 0 Å². The van der Waals surface area contributed by atoms with Crippen molar-refractivity contribution in [2.24, 2.45) is 0 Å². The van der Waals surface area contributed by atoms with Gasteiger partial charge in [0.2, 0.25) is 6.43 Å². The first-order chi connectivity index (χ1) is 8.54. The maximum absolute atomic E-state index is 12.6. The molecule has 0 aromatic heterocycles. The van der Waals surface area contributed by atoms with Crippen molar-refractivity contribution in [2.75, 3.05) is 0 Å². The first kappa shape index (κ1) is 17.3. The predicted molar refractivity (Wildman–Crippen MR) is 64.7 cm³/mol. The second-order valence-corrected chi connectivity index (χ2v) is 4.60. The Morgan fingerprint density at radius 3 is 1.56 bits per heavy atom. The zero-order valence-corrected chi connectivity index (χ0v) is 10.7. The molecule has 0 heterocycles. The molecule has 0 fully saturated rings. The molecule has 1 unspecified atom stereocenters. The Labute approximate surface area is 107 Å². The maximum Gasteiger partial charge on any atom is 0.338 e. The molecule has 0 saturated heterocycles. The number of aliphatic carboxylic acids is 1. The fourth-order valence-corrected chi connectivity index (χ4v) is 1.81. The van der Waals surface area contributed by atoms with Gasteiger partial charge in [-0.05, 0) is 19.3 Å². The lowest BCUT2D eigenvalue weighted by Gasteiger charge is -2.03. The van der Waals surface area contributed by atoms with E-state index in [-0.39, 0.29) is 12.8 Å². The lowest BCUT2D eigenvalue weighted by Crippen LogP contribution is -2.13. The smallest absolute Gasteiger partial charge is 0.338 e. The van der Waals surface area contributed by atoms with Gasteiger partial charge in [0.15, 0.2) is 6.17 Å². The number of hydrogen-bond donors (Lipinski definition) is 1. The minimum atomic E-state index is -2.19. The molecule has 0 aliphatic heterocycles. The van der Waals surface area contributed by atoms with E-state index in [4.69, 9.17) is 5.11 Å². The second-order valence-electron chi connectivity index (χ2n) is 4.60. The van der Waals surface area contributed by atoms with Crippen LogP contribution >= 0.6 is 0 Å². The standard InChI is InChI=1S/C13H23F3O2/c14-11(13(17)18)9-7-5-3-1-2-4-6-8-10-12(15)16/h11-12H,1-10H2,(H,17,18). The van der Waals surface area contributed by atoms with Crippen LogP contribution in [0.15, 0.2) is 0 Å². The summed E-state index contributed by atoms with van der Waals surface area (Å²) in [6.07, 6.45) is 2.97. The number of hydrogen-bond acceptors (Lipinski definition) is 1. The largest absolute Gasteiger partial charge is 0.479 e. The summed E-state index contributed by atoms with van der Waals surface area (Å²) in [7, 11) is 0. The highest BCUT2D eigenvalue weighted by molar-refractivity contribution is 5.71. The number of carbonyl (C=O) groups is 1. The van der Waals surface area contributed by atoms with Crippen LogP contribution in [0, 0.1) is 0 Å². The third kappa shape index (κ3) is 11.7. The highest BCUT2D eigenvalue weighted by Crippen LogP contribution is 2.13. The molecule has 0 aromatic rings. The molecule has 2 nitrogen and oxygen atoms in total. The fraction of sp³-hybridized carbons (Fsp3) is 0.923. The first-order valence-corrected chi connectivity index (χ1v) is 6.69. The summed E-state index contributed by atoms with van der Waals surface area (Å²) in [5.74, 6) is -1.38. The minimum absolute atomic E-state index is 0.00687. The highest BCUT2D eigenvalue weighted by atomic mass is 19.3. The van der Waals surface area contributed by atoms with Gasteiger partial charge in [0.05, 0.1) is 0 Å². The van der Waals surface area contributed by atoms with E-state index >= 15 is 0 Å². The maximum atomic E-state index is 12.6. The number of carboxylic acid groups (broad SMARTS) is 1. The number of halogens is 3. The third-order valence-corrected chi connectivity index (χ3v) is 2.90. The molecule has 1 atom stereocenters. The Morgan fingerprint density at radius 1 is 0.778 bits per heavy atom. The van der Waals surface area contributed by atoms with Crippen molar-refractivity contribution >= 4 is 5.97 Å². The van der Waals surface area contributed by atoms with Crippen molar-refractivity contribution in [3.8, 4) is 0 Å². The van der Waals surface area contributed by atoms with Crippen molar-refractivity contribution in [3.63, 3.8) is 0 Å². The Hall–Kier alpha value is -0.740. The summed E-state index contributed by atoms with van der Waals surface area (Å²) in [5, 5.41) is 8.32. The quantitative estimate of drug-likeness (QED) is 0.526. The Bertz CT molecular complexity index is 210. The normalized spacial score (nSPS) is 12.9. The average molecular weight is 268 g/mol. The van der Waals surface area contributed by atoms with Gasteiger partial charge in [-0.15, -0.1) is 0 Å². The molecule has 0 aliphatic carbocycles. The highest BCUT2D eigenvalue weighted by Gasteiger charge is 2.13. The van der Waals surface area contributed by atoms with Crippen LogP contribution in [0.25, 0.3) is 0 Å². The Morgan fingerprint density at radius 2 is 1.17 bits per heavy atom. The van der Waals surface area contributed by atoms with Crippen LogP contribution in [-0.2, 0) is 4.79 Å². The summed E-state index contributed by atoms with van der Waals surface area (Å²) in [4.78, 5) is 10.2. The van der Waals surface area contributed by atoms with Crippen molar-refractivity contribution in [1.82, 2.24) is 0 Å². The first-order valence-electron chi connectivity index (χ1n) is 6.69. The number of rotatable bonds is 12. The minimum Gasteiger partial charge on any atom is -0.479 e. The van der Waals surface area contributed by atoms with Crippen molar-refractivity contribution in [2.45, 2.75) is 76.8 Å². The van der Waals surface area contributed by atoms with Crippen molar-refractivity contribution in [1.29, 1.82) is 0 Å². The molecule has 1 N–H and O–H groups in total. The van der Waals surface area contributed by atoms with Crippen LogP contribution in [-0.4, -0.2) is 23.7 Å². The SMILES string of the molecule is O=C(O)C(F)CCCCCCCCCCC(F)F. The number of unbranched alkanes of at least 4 members (excludes halogenated alkanes) is 7. The van der Waals surface area contributed by atoms with Crippen LogP contribution < -0.4 is 0 Å². The molecule has 0 amide bonds. The Balaban J connectivity index is 3.10. The van der Waals surface area contributed by atoms with E-state index in [1.165, 1.54) is 0 Å². The Kier molecular flexibility index (Phi) is 10.9. The van der Waals surface area contributed by atoms with Gasteiger partial charge in [-0.1, -0.05) is 38.5 Å². The molecule has 108 valence electrons. The summed E-state index contributed by atoms with van der Waals surface area (Å²) in [5.41, 5.74) is 0. The van der Waals surface area contributed by atoms with E-state index in [9.17, 15) is 18.0 Å². The molecular weight excluding hydrogens is 245 g/mol. The summed E-state index contributed by atoms with van der Waals surface area (Å²) in [6.45, 7) is 0. The molecule has 0 bridgehead atoms. The molecule has 0 saturated carbocycles. The van der Waals surface area contributed by atoms with E-state index in [0.717, 1.165) is 38.5 Å². The molecule has 18 heavy (non-hydrogen) atoms. The fourth-order valence-electron chi connectivity index (χ4n) is 1.81. The summed E-state index contributed by atoms with van der Waals surface area (Å²) >= 11 is 0. The summed E-state index contributed by atoms with van der Waals surface area (Å²) < 4.78 is 36.2. The van der Waals surface area contributed by atoms with Gasteiger partial charge in [-0.3, -0.25) is 0 Å². The van der Waals surface area contributed by atoms with Crippen LogP contribution in [0.5, 0.6) is 0 Å². The molecule has 5 heteroatoms. The number of carboxylic acids is 1. The third-order valence-electron chi connectivity index (χ3n) is 2.90. The van der Waals surface area contributed by atoms with E-state index in [1.54, 1.807) is 0 Å². The number of alkyl halides is 3. The van der Waals surface area contributed by atoms with Gasteiger partial charge >= 0.3 is 5.97 Å². The lowest BCUT2D eigenvalue weighted by atomic mass is 10.1. The zero-order valence-electron chi connectivity index (χ0n) is 10.7. The molecule has 0 radical (unpaired) electrons. The topological polar surface area (TPSA) is 37.3 Å². The van der Waals surface area contributed by atoms with Crippen LogP contribution in [0.3, 0.4) is 0 Å². The van der Waals surface area contributed by atoms with Gasteiger partial charge in [-0.2, -0.15) is 0 Å². The molecule has 0 aliphatic rings. The lowest BCUT2D eigenvalue weighted by molar-refractivity contribution is -0.143. The monoisotopic (exact) mass is 268 g/mol. The average Bonchev–Trinajstić information content (AvgIpc) is 2.30. The van der Waals surface area contributed by atoms with Gasteiger partial charge < -0.3 is 5.11 Å².